The van der Waals surface area contributed by atoms with Crippen LogP contribution in [0.1, 0.15) is 111 Å². The van der Waals surface area contributed by atoms with Gasteiger partial charge in [-0.1, -0.05) is 148 Å². The lowest BCUT2D eigenvalue weighted by molar-refractivity contribution is -0.145. The summed E-state index contributed by atoms with van der Waals surface area (Å²) in [5.74, 6) is 1.26. The molecule has 0 radical (unpaired) electrons. The van der Waals surface area contributed by atoms with Gasteiger partial charge in [-0.15, -0.1) is 0 Å². The van der Waals surface area contributed by atoms with Crippen molar-refractivity contribution in [2.75, 3.05) is 6.54 Å². The van der Waals surface area contributed by atoms with Crippen LogP contribution in [0.25, 0.3) is 6.08 Å². The summed E-state index contributed by atoms with van der Waals surface area (Å²) < 4.78 is 0. The Morgan fingerprint density at radius 1 is 0.800 bits per heavy atom. The van der Waals surface area contributed by atoms with E-state index in [-0.39, 0.29) is 47.5 Å². The van der Waals surface area contributed by atoms with Crippen molar-refractivity contribution in [3.05, 3.63) is 143 Å². The Labute approximate surface area is 359 Å². The Hall–Kier alpha value is -4.19. The van der Waals surface area contributed by atoms with E-state index in [9.17, 15) is 20.1 Å². The van der Waals surface area contributed by atoms with Gasteiger partial charge in [0.2, 0.25) is 0 Å². The first-order valence-electron chi connectivity index (χ1n) is 23.6. The van der Waals surface area contributed by atoms with Crippen LogP contribution in [0.5, 0.6) is 5.75 Å². The van der Waals surface area contributed by atoms with Gasteiger partial charge in [0, 0.05) is 5.41 Å². The first-order valence-corrected chi connectivity index (χ1v) is 23.6. The minimum Gasteiger partial charge on any atom is -0.508 e. The molecule has 5 N–H and O–H groups in total. The summed E-state index contributed by atoms with van der Waals surface area (Å²) in [6.45, 7) is 0.559. The minimum atomic E-state index is -0.725. The number of carboxylic acid groups (broad SMARTS) is 1. The smallest absolute Gasteiger partial charge is 0.310 e. The normalized spacial score (nSPS) is 30.4. The van der Waals surface area contributed by atoms with Crippen molar-refractivity contribution in [2.24, 2.45) is 64.9 Å². The standard InChI is InChI=1S/C55H69NO4/c56-36-46-25-28-48(54(59)60)53-51(55-31-11-20-44(34-41-17-10-21-47(58)35-41)50(55)29-26-43-19-7-8-22-49(43)55)30-27-45(52(46)53)33-40(24-23-39-16-9-18-42(32-39)37-57)15-6-2-5-14-38-12-3-1-4-13-38/h2,6-10,16-19,21-22,25-30,32,35,38,40,44-46,48,50-53,57-58H,1,3-5,11-15,20,23-24,31,33-34,36-37,56H2,(H,59,60). The number of nitrogens with two attached hydrogens (primary N) is 1. The number of aryl methyl sites for hydroxylation is 1. The number of allylic oxidation sites excluding steroid dienone is 5. The quantitative estimate of drug-likeness (QED) is 0.108. The fraction of sp³-hybridized carbons (Fsp3) is 0.509. The van der Waals surface area contributed by atoms with Crippen LogP contribution in [0, 0.1) is 59.2 Å². The second kappa shape index (κ2) is 19.7. The molecule has 2 saturated carbocycles. The van der Waals surface area contributed by atoms with Gasteiger partial charge in [0.25, 0.3) is 0 Å². The van der Waals surface area contributed by atoms with Crippen molar-refractivity contribution in [1.82, 2.24) is 0 Å². The van der Waals surface area contributed by atoms with Crippen LogP contribution >= 0.6 is 0 Å². The molecule has 5 heteroatoms. The van der Waals surface area contributed by atoms with Crippen molar-refractivity contribution in [3.63, 3.8) is 0 Å². The lowest BCUT2D eigenvalue weighted by atomic mass is 9.44. The maximum Gasteiger partial charge on any atom is 0.310 e. The molecule has 0 spiro atoms. The van der Waals surface area contributed by atoms with E-state index in [0.717, 1.165) is 74.8 Å². The van der Waals surface area contributed by atoms with Crippen LogP contribution in [-0.2, 0) is 29.7 Å². The number of phenols is 1. The average molecular weight is 808 g/mol. The van der Waals surface area contributed by atoms with Gasteiger partial charge in [0.05, 0.1) is 12.5 Å². The van der Waals surface area contributed by atoms with E-state index in [4.69, 9.17) is 5.73 Å². The zero-order valence-electron chi connectivity index (χ0n) is 35.7. The second-order valence-electron chi connectivity index (χ2n) is 19.3. The molecule has 0 bridgehead atoms. The minimum absolute atomic E-state index is 0.0290. The average Bonchev–Trinajstić information content (AvgIpc) is 3.28. The van der Waals surface area contributed by atoms with Gasteiger partial charge in [-0.25, -0.2) is 0 Å². The highest BCUT2D eigenvalue weighted by Crippen LogP contribution is 2.62. The molecule has 318 valence electrons. The fourth-order valence-corrected chi connectivity index (χ4v) is 13.2. The topological polar surface area (TPSA) is 104 Å². The SMILES string of the molecule is NCC1C=CC(C(=O)O)C2C1C(CC(CC=CCCC1CCCCC1)CCc1cccc(CO)c1)C=CC2C12CCCC(Cc3cccc(O)c3)C1C=Cc1ccccc12. The molecule has 5 aliphatic carbocycles. The van der Waals surface area contributed by atoms with Crippen molar-refractivity contribution >= 4 is 12.0 Å². The number of fused-ring (bicyclic) bond motifs is 4. The molecule has 3 aromatic rings. The summed E-state index contributed by atoms with van der Waals surface area (Å²) in [5, 5.41) is 31.4. The van der Waals surface area contributed by atoms with Crippen LogP contribution < -0.4 is 5.73 Å². The highest BCUT2D eigenvalue weighted by Gasteiger charge is 2.59. The number of carbonyl (C=O) groups is 1. The number of aliphatic carboxylic acids is 1. The molecular formula is C55H69NO4. The molecule has 0 heterocycles. The van der Waals surface area contributed by atoms with Gasteiger partial charge in [-0.3, -0.25) is 4.79 Å². The highest BCUT2D eigenvalue weighted by molar-refractivity contribution is 5.73. The molecule has 2 fully saturated rings. The zero-order chi connectivity index (χ0) is 41.5. The zero-order valence-corrected chi connectivity index (χ0v) is 35.7. The van der Waals surface area contributed by atoms with Gasteiger partial charge < -0.3 is 21.1 Å². The predicted octanol–water partition coefficient (Wildman–Crippen LogP) is 11.6. The Morgan fingerprint density at radius 3 is 2.42 bits per heavy atom. The first kappa shape index (κ1) is 42.5. The third-order valence-electron chi connectivity index (χ3n) is 15.9. The number of aromatic hydroxyl groups is 1. The number of carboxylic acids is 1. The van der Waals surface area contributed by atoms with E-state index in [1.165, 1.54) is 55.2 Å². The summed E-state index contributed by atoms with van der Waals surface area (Å²) >= 11 is 0. The molecular weight excluding hydrogens is 739 g/mol. The van der Waals surface area contributed by atoms with E-state index >= 15 is 0 Å². The van der Waals surface area contributed by atoms with Crippen LogP contribution in [0.4, 0.5) is 0 Å². The van der Waals surface area contributed by atoms with E-state index in [1.807, 2.05) is 24.3 Å². The Kier molecular flexibility index (Phi) is 13.9. The molecule has 5 aliphatic rings. The molecule has 3 aromatic carbocycles. The van der Waals surface area contributed by atoms with Crippen LogP contribution in [-0.4, -0.2) is 27.8 Å². The monoisotopic (exact) mass is 808 g/mol. The predicted molar refractivity (Wildman–Crippen MR) is 244 cm³/mol. The molecule has 0 aliphatic heterocycles. The second-order valence-corrected chi connectivity index (χ2v) is 19.3. The lowest BCUT2D eigenvalue weighted by Crippen LogP contribution is -2.57. The largest absolute Gasteiger partial charge is 0.508 e. The van der Waals surface area contributed by atoms with E-state index in [2.05, 4.69) is 91.1 Å². The number of rotatable bonds is 16. The molecule has 0 amide bonds. The Morgan fingerprint density at radius 2 is 1.60 bits per heavy atom. The van der Waals surface area contributed by atoms with Crippen LogP contribution in [0.2, 0.25) is 0 Å². The van der Waals surface area contributed by atoms with Gasteiger partial charge >= 0.3 is 5.97 Å². The Balaban J connectivity index is 1.14. The molecule has 10 atom stereocenters. The number of aliphatic hydroxyl groups excluding tert-OH is 1. The summed E-state index contributed by atoms with van der Waals surface area (Å²) in [6.07, 6.45) is 36.4. The Bertz CT molecular complexity index is 2020. The van der Waals surface area contributed by atoms with Crippen molar-refractivity contribution in [1.29, 1.82) is 0 Å². The van der Waals surface area contributed by atoms with Gasteiger partial charge in [0.15, 0.2) is 0 Å². The molecule has 8 rings (SSSR count). The lowest BCUT2D eigenvalue weighted by Gasteiger charge is -2.59. The number of aliphatic hydroxyl groups is 1. The number of hydrogen-bond donors (Lipinski definition) is 4. The number of benzene rings is 3. The van der Waals surface area contributed by atoms with E-state index in [0.29, 0.717) is 24.1 Å². The van der Waals surface area contributed by atoms with Crippen molar-refractivity contribution < 1.29 is 20.1 Å². The third-order valence-corrected chi connectivity index (χ3v) is 15.9. The molecule has 0 aromatic heterocycles. The van der Waals surface area contributed by atoms with Crippen LogP contribution in [0.15, 0.2) is 115 Å². The van der Waals surface area contributed by atoms with Crippen LogP contribution in [0.3, 0.4) is 0 Å². The van der Waals surface area contributed by atoms with Gasteiger partial charge in [0.1, 0.15) is 5.75 Å². The third kappa shape index (κ3) is 9.19. The molecule has 0 saturated heterocycles. The van der Waals surface area contributed by atoms with Crippen molar-refractivity contribution in [2.45, 2.75) is 108 Å². The fourth-order valence-electron chi connectivity index (χ4n) is 13.2. The molecule has 60 heavy (non-hydrogen) atoms. The highest BCUT2D eigenvalue weighted by atomic mass is 16.4. The first-order chi connectivity index (χ1) is 29.4. The van der Waals surface area contributed by atoms with E-state index < -0.39 is 11.9 Å². The molecule has 5 nitrogen and oxygen atoms in total. The summed E-state index contributed by atoms with van der Waals surface area (Å²) in [5.41, 5.74) is 12.5. The maximum atomic E-state index is 13.6. The van der Waals surface area contributed by atoms with Gasteiger partial charge in [-0.05, 0) is 158 Å². The van der Waals surface area contributed by atoms with Gasteiger partial charge in [-0.2, -0.15) is 0 Å². The molecule has 10 unspecified atom stereocenters. The summed E-state index contributed by atoms with van der Waals surface area (Å²) in [7, 11) is 0. The number of hydrogen-bond acceptors (Lipinski definition) is 4. The number of phenolic OH excluding ortho intramolecular Hbond substituents is 1. The van der Waals surface area contributed by atoms with E-state index in [1.54, 1.807) is 6.07 Å². The van der Waals surface area contributed by atoms with Crippen molar-refractivity contribution in [3.8, 4) is 5.75 Å². The summed E-state index contributed by atoms with van der Waals surface area (Å²) in [4.78, 5) is 13.6. The maximum absolute atomic E-state index is 13.6. The summed E-state index contributed by atoms with van der Waals surface area (Å²) in [6, 6.07) is 25.1.